The molecule has 0 saturated carbocycles. The Balaban J connectivity index is 0.00000144. The number of halogens is 1. The van der Waals surface area contributed by atoms with E-state index >= 15 is 0 Å². The Hall–Kier alpha value is -1.06. The van der Waals surface area contributed by atoms with Crippen molar-refractivity contribution in [3.05, 3.63) is 35.4 Å². The summed E-state index contributed by atoms with van der Waals surface area (Å²) in [6.07, 6.45) is 1.97. The number of aryl methyl sites for hydroxylation is 1. The molecule has 4 heteroatoms. The topological polar surface area (TPSA) is 18.8 Å². The summed E-state index contributed by atoms with van der Waals surface area (Å²) in [6, 6.07) is 8.33. The number of hydrogen-bond acceptors (Lipinski definition) is 3. The van der Waals surface area contributed by atoms with Gasteiger partial charge in [0.15, 0.2) is 0 Å². The van der Waals surface area contributed by atoms with Crippen molar-refractivity contribution >= 4 is 18.6 Å². The van der Waals surface area contributed by atoms with Crippen molar-refractivity contribution in [1.82, 2.24) is 9.91 Å². The van der Waals surface area contributed by atoms with E-state index in [1.54, 1.807) is 0 Å². The fourth-order valence-corrected chi connectivity index (χ4v) is 1.79. The standard InChI is InChI=1S/C13H19N3.ClH/c1-12-5-3-4-6-13(12)11-14-16-9-7-15(2)8-10-16;/h3-6,11H,7-10H2,1-2H3;1H. The molecule has 0 atom stereocenters. The highest BCUT2D eigenvalue weighted by Crippen LogP contribution is 2.05. The van der Waals surface area contributed by atoms with Crippen LogP contribution >= 0.6 is 12.4 Å². The van der Waals surface area contributed by atoms with Crippen LogP contribution in [0.3, 0.4) is 0 Å². The lowest BCUT2D eigenvalue weighted by Gasteiger charge is -2.30. The molecule has 1 fully saturated rings. The van der Waals surface area contributed by atoms with Crippen LogP contribution in [0.25, 0.3) is 0 Å². The first-order valence-corrected chi connectivity index (χ1v) is 5.79. The van der Waals surface area contributed by atoms with Crippen molar-refractivity contribution in [3.8, 4) is 0 Å². The van der Waals surface area contributed by atoms with Crippen molar-refractivity contribution in [2.24, 2.45) is 5.10 Å². The smallest absolute Gasteiger partial charge is 0.0545 e. The summed E-state index contributed by atoms with van der Waals surface area (Å²) in [5, 5.41) is 6.68. The Kier molecular flexibility index (Phi) is 5.45. The molecule has 94 valence electrons. The summed E-state index contributed by atoms with van der Waals surface area (Å²) < 4.78 is 0. The first kappa shape index (κ1) is 14.0. The summed E-state index contributed by atoms with van der Waals surface area (Å²) in [7, 11) is 2.16. The highest BCUT2D eigenvalue weighted by atomic mass is 35.5. The van der Waals surface area contributed by atoms with Gasteiger partial charge < -0.3 is 4.90 Å². The molecular weight excluding hydrogens is 234 g/mol. The molecule has 1 aliphatic heterocycles. The lowest BCUT2D eigenvalue weighted by molar-refractivity contribution is 0.159. The van der Waals surface area contributed by atoms with E-state index in [4.69, 9.17) is 0 Å². The molecule has 1 saturated heterocycles. The number of hydrogen-bond donors (Lipinski definition) is 0. The molecule has 0 spiro atoms. The second kappa shape index (κ2) is 6.62. The van der Waals surface area contributed by atoms with E-state index in [2.05, 4.69) is 53.2 Å². The number of benzene rings is 1. The molecule has 1 aromatic rings. The molecule has 0 N–H and O–H groups in total. The average molecular weight is 254 g/mol. The zero-order chi connectivity index (χ0) is 11.4. The lowest BCUT2D eigenvalue weighted by atomic mass is 10.1. The lowest BCUT2D eigenvalue weighted by Crippen LogP contribution is -2.41. The van der Waals surface area contributed by atoms with E-state index in [-0.39, 0.29) is 12.4 Å². The van der Waals surface area contributed by atoms with Crippen molar-refractivity contribution in [2.75, 3.05) is 33.2 Å². The van der Waals surface area contributed by atoms with Crippen molar-refractivity contribution in [2.45, 2.75) is 6.92 Å². The van der Waals surface area contributed by atoms with Gasteiger partial charge in [-0.2, -0.15) is 5.10 Å². The molecular formula is C13H20ClN3. The van der Waals surface area contributed by atoms with E-state index < -0.39 is 0 Å². The van der Waals surface area contributed by atoms with Crippen molar-refractivity contribution in [1.29, 1.82) is 0 Å². The second-order valence-corrected chi connectivity index (χ2v) is 4.36. The number of piperazine rings is 1. The van der Waals surface area contributed by atoms with E-state index in [0.717, 1.165) is 26.2 Å². The SMILES string of the molecule is Cc1ccccc1C=NN1CCN(C)CC1.Cl. The van der Waals surface area contributed by atoms with Crippen molar-refractivity contribution < 1.29 is 0 Å². The van der Waals surface area contributed by atoms with Crippen LogP contribution in [-0.2, 0) is 0 Å². The Morgan fingerprint density at radius 1 is 1.12 bits per heavy atom. The number of nitrogens with zero attached hydrogens (tertiary/aromatic N) is 3. The van der Waals surface area contributed by atoms with Crippen LogP contribution in [0.2, 0.25) is 0 Å². The van der Waals surface area contributed by atoms with Crippen LogP contribution in [0.1, 0.15) is 11.1 Å². The third-order valence-corrected chi connectivity index (χ3v) is 3.03. The van der Waals surface area contributed by atoms with Gasteiger partial charge in [0.25, 0.3) is 0 Å². The summed E-state index contributed by atoms with van der Waals surface area (Å²) in [6.45, 7) is 6.37. The van der Waals surface area contributed by atoms with E-state index in [0.29, 0.717) is 0 Å². The molecule has 1 heterocycles. The fourth-order valence-electron chi connectivity index (χ4n) is 1.79. The zero-order valence-electron chi connectivity index (χ0n) is 10.5. The maximum absolute atomic E-state index is 4.53. The molecule has 3 nitrogen and oxygen atoms in total. The number of rotatable bonds is 2. The van der Waals surface area contributed by atoms with Crippen LogP contribution < -0.4 is 0 Å². The largest absolute Gasteiger partial charge is 0.303 e. The highest BCUT2D eigenvalue weighted by molar-refractivity contribution is 5.85. The fraction of sp³-hybridized carbons (Fsp3) is 0.462. The molecule has 2 rings (SSSR count). The summed E-state index contributed by atoms with van der Waals surface area (Å²) in [4.78, 5) is 2.33. The molecule has 0 aliphatic carbocycles. The third-order valence-electron chi connectivity index (χ3n) is 3.03. The average Bonchev–Trinajstić information content (AvgIpc) is 2.30. The van der Waals surface area contributed by atoms with Gasteiger partial charge in [-0.15, -0.1) is 12.4 Å². The first-order valence-electron chi connectivity index (χ1n) is 5.79. The van der Waals surface area contributed by atoms with E-state index in [1.165, 1.54) is 11.1 Å². The highest BCUT2D eigenvalue weighted by Gasteiger charge is 2.10. The van der Waals surface area contributed by atoms with Crippen LogP contribution in [0.15, 0.2) is 29.4 Å². The normalized spacial score (nSPS) is 17.2. The van der Waals surface area contributed by atoms with Gasteiger partial charge in [-0.05, 0) is 25.1 Å². The predicted molar refractivity (Wildman–Crippen MR) is 75.1 cm³/mol. The predicted octanol–water partition coefficient (Wildman–Crippen LogP) is 2.00. The zero-order valence-corrected chi connectivity index (χ0v) is 11.3. The Bertz CT molecular complexity index is 371. The minimum absolute atomic E-state index is 0. The summed E-state index contributed by atoms with van der Waals surface area (Å²) in [5.74, 6) is 0. The van der Waals surface area contributed by atoms with Gasteiger partial charge in [0.2, 0.25) is 0 Å². The Morgan fingerprint density at radius 2 is 1.76 bits per heavy atom. The van der Waals surface area contributed by atoms with Gasteiger partial charge in [0.05, 0.1) is 6.21 Å². The number of likely N-dealkylation sites (N-methyl/N-ethyl adjacent to an activating group) is 1. The Labute approximate surface area is 110 Å². The first-order chi connectivity index (χ1) is 7.75. The molecule has 0 unspecified atom stereocenters. The summed E-state index contributed by atoms with van der Waals surface area (Å²) >= 11 is 0. The van der Waals surface area contributed by atoms with Gasteiger partial charge in [-0.1, -0.05) is 24.3 Å². The van der Waals surface area contributed by atoms with Gasteiger partial charge in [0, 0.05) is 26.2 Å². The second-order valence-electron chi connectivity index (χ2n) is 4.36. The maximum Gasteiger partial charge on any atom is 0.0545 e. The molecule has 1 aromatic carbocycles. The molecule has 17 heavy (non-hydrogen) atoms. The summed E-state index contributed by atoms with van der Waals surface area (Å²) in [5.41, 5.74) is 2.49. The van der Waals surface area contributed by atoms with Crippen LogP contribution in [0.4, 0.5) is 0 Å². The van der Waals surface area contributed by atoms with E-state index in [1.807, 2.05) is 6.21 Å². The van der Waals surface area contributed by atoms with Crippen LogP contribution in [0.5, 0.6) is 0 Å². The van der Waals surface area contributed by atoms with Crippen molar-refractivity contribution in [3.63, 3.8) is 0 Å². The minimum atomic E-state index is 0. The van der Waals surface area contributed by atoms with Gasteiger partial charge in [-0.3, -0.25) is 5.01 Å². The molecule has 0 radical (unpaired) electrons. The minimum Gasteiger partial charge on any atom is -0.303 e. The maximum atomic E-state index is 4.53. The van der Waals surface area contributed by atoms with E-state index in [9.17, 15) is 0 Å². The Morgan fingerprint density at radius 3 is 2.41 bits per heavy atom. The molecule has 1 aliphatic rings. The number of hydrazone groups is 1. The monoisotopic (exact) mass is 253 g/mol. The molecule has 0 aromatic heterocycles. The third kappa shape index (κ3) is 4.02. The van der Waals surface area contributed by atoms with Gasteiger partial charge >= 0.3 is 0 Å². The molecule has 0 amide bonds. The van der Waals surface area contributed by atoms with Crippen LogP contribution in [0, 0.1) is 6.92 Å². The van der Waals surface area contributed by atoms with Gasteiger partial charge in [-0.25, -0.2) is 0 Å². The van der Waals surface area contributed by atoms with Gasteiger partial charge in [0.1, 0.15) is 0 Å². The van der Waals surface area contributed by atoms with Crippen LogP contribution in [-0.4, -0.2) is 49.4 Å². The quantitative estimate of drug-likeness (QED) is 0.751. The molecule has 0 bridgehead atoms.